The largest absolute Gasteiger partial charge is 0.356 e. The Labute approximate surface area is 87.2 Å². The van der Waals surface area contributed by atoms with E-state index in [-0.39, 0.29) is 5.82 Å². The van der Waals surface area contributed by atoms with Crippen LogP contribution < -0.4 is 0 Å². The van der Waals surface area contributed by atoms with Gasteiger partial charge in [-0.25, -0.2) is 9.50 Å². The summed E-state index contributed by atoms with van der Waals surface area (Å²) in [5.74, 6) is 0.108. The Morgan fingerprint density at radius 3 is 3.27 bits per heavy atom. The number of hydrogen-bond acceptors (Lipinski definition) is 4. The lowest BCUT2D eigenvalue weighted by Gasteiger charge is -2.03. The van der Waals surface area contributed by atoms with Gasteiger partial charge in [0.1, 0.15) is 0 Å². The van der Waals surface area contributed by atoms with Gasteiger partial charge < -0.3 is 4.81 Å². The van der Waals surface area contributed by atoms with Crippen LogP contribution in [0, 0.1) is 6.92 Å². The summed E-state index contributed by atoms with van der Waals surface area (Å²) >= 11 is 0. The van der Waals surface area contributed by atoms with E-state index >= 15 is 0 Å². The van der Waals surface area contributed by atoms with E-state index in [0.29, 0.717) is 6.61 Å². The van der Waals surface area contributed by atoms with Crippen LogP contribution in [0.3, 0.4) is 0 Å². The van der Waals surface area contributed by atoms with Gasteiger partial charge in [-0.15, -0.1) is 0 Å². The molecule has 0 aliphatic carbocycles. The quantitative estimate of drug-likeness (QED) is 0.503. The number of hydrogen-bond donors (Lipinski definition) is 0. The summed E-state index contributed by atoms with van der Waals surface area (Å²) in [5.41, 5.74) is 2.75. The first-order chi connectivity index (χ1) is 7.33. The molecule has 3 rings (SSSR count). The first-order valence-corrected chi connectivity index (χ1v) is 4.77. The van der Waals surface area contributed by atoms with E-state index in [1.165, 1.54) is 0 Å². The van der Waals surface area contributed by atoms with Crippen LogP contribution in [-0.4, -0.2) is 28.7 Å². The molecule has 2 aromatic rings. The molecule has 0 spiro atoms. The summed E-state index contributed by atoms with van der Waals surface area (Å²) in [4.78, 5) is 13.9. The Morgan fingerprint density at radius 1 is 1.53 bits per heavy atom. The predicted octanol–water partition coefficient (Wildman–Crippen LogP) is 0.660. The normalized spacial score (nSPS) is 20.7. The van der Waals surface area contributed by atoms with Crippen molar-refractivity contribution in [1.29, 1.82) is 0 Å². The smallest absolute Gasteiger partial charge is 0.310 e. The molecule has 15 heavy (non-hydrogen) atoms. The highest BCUT2D eigenvalue weighted by Gasteiger charge is 2.23. The number of aromatic nitrogens is 3. The third-order valence-electron chi connectivity index (χ3n) is 2.38. The maximum absolute atomic E-state index is 4.81. The number of nitrogens with zero attached hydrogens (tertiary/aromatic N) is 3. The fraction of sp³-hybridized carbons (Fsp3) is 0.333. The highest BCUT2D eigenvalue weighted by molar-refractivity contribution is 6.30. The van der Waals surface area contributed by atoms with Crippen LogP contribution in [0.4, 0.5) is 0 Å². The van der Waals surface area contributed by atoms with Gasteiger partial charge in [0.25, 0.3) is 0 Å². The van der Waals surface area contributed by atoms with Crippen molar-refractivity contribution in [3.8, 4) is 0 Å². The summed E-state index contributed by atoms with van der Waals surface area (Å²) in [5, 5.41) is 4.44. The minimum Gasteiger partial charge on any atom is -0.310 e. The Balaban J connectivity index is 2.04. The molecule has 75 valence electrons. The minimum atomic E-state index is 0.108. The topological polar surface area (TPSA) is 48.7 Å². The third-order valence-corrected chi connectivity index (χ3v) is 2.38. The molecule has 6 heteroatoms. The van der Waals surface area contributed by atoms with Crippen LogP contribution in [0.1, 0.15) is 17.2 Å². The second kappa shape index (κ2) is 3.32. The third kappa shape index (κ3) is 1.51. The van der Waals surface area contributed by atoms with Gasteiger partial charge in [-0.2, -0.15) is 5.10 Å². The van der Waals surface area contributed by atoms with Crippen molar-refractivity contribution >= 4 is 13.1 Å². The summed E-state index contributed by atoms with van der Waals surface area (Å²) in [6.07, 6.45) is 1.90. The molecule has 0 saturated carbocycles. The fourth-order valence-electron chi connectivity index (χ4n) is 1.63. The van der Waals surface area contributed by atoms with E-state index in [2.05, 4.69) is 10.1 Å². The van der Waals surface area contributed by atoms with E-state index in [4.69, 9.17) is 9.69 Å². The summed E-state index contributed by atoms with van der Waals surface area (Å²) in [7, 11) is 1.65. The lowest BCUT2D eigenvalue weighted by molar-refractivity contribution is -0.183. The van der Waals surface area contributed by atoms with Crippen LogP contribution in [0.2, 0.25) is 0 Å². The van der Waals surface area contributed by atoms with E-state index in [1.807, 2.05) is 25.3 Å². The Kier molecular flexibility index (Phi) is 1.97. The minimum absolute atomic E-state index is 0.108. The zero-order valence-electron chi connectivity index (χ0n) is 8.25. The molecule has 0 amide bonds. The van der Waals surface area contributed by atoms with Crippen molar-refractivity contribution < 1.29 is 9.69 Å². The average Bonchev–Trinajstić information content (AvgIpc) is 2.82. The molecule has 1 saturated heterocycles. The highest BCUT2D eigenvalue weighted by Crippen LogP contribution is 2.18. The first kappa shape index (κ1) is 8.88. The van der Waals surface area contributed by atoms with E-state index in [0.717, 1.165) is 17.0 Å². The van der Waals surface area contributed by atoms with Crippen molar-refractivity contribution in [1.82, 2.24) is 14.6 Å². The summed E-state index contributed by atoms with van der Waals surface area (Å²) < 4.78 is 1.77. The van der Waals surface area contributed by atoms with Gasteiger partial charge in [0, 0.05) is 5.82 Å². The molecule has 5 nitrogen and oxygen atoms in total. The van der Waals surface area contributed by atoms with Crippen molar-refractivity contribution in [2.75, 3.05) is 6.61 Å². The summed E-state index contributed by atoms with van der Waals surface area (Å²) in [6.45, 7) is 2.47. The van der Waals surface area contributed by atoms with Gasteiger partial charge in [-0.05, 0) is 19.1 Å². The van der Waals surface area contributed by atoms with Gasteiger partial charge in [0.05, 0.1) is 24.2 Å². The van der Waals surface area contributed by atoms with Crippen molar-refractivity contribution in [3.63, 3.8) is 0 Å². The van der Waals surface area contributed by atoms with Crippen molar-refractivity contribution in [2.45, 2.75) is 12.7 Å². The monoisotopic (exact) mass is 202 g/mol. The van der Waals surface area contributed by atoms with Crippen LogP contribution in [-0.2, 0) is 9.69 Å². The second-order valence-corrected chi connectivity index (χ2v) is 3.57. The van der Waals surface area contributed by atoms with Crippen molar-refractivity contribution in [2.24, 2.45) is 0 Å². The van der Waals surface area contributed by atoms with Gasteiger partial charge in [0.2, 0.25) is 0 Å². The van der Waals surface area contributed by atoms with Gasteiger partial charge in [0.15, 0.2) is 5.65 Å². The lowest BCUT2D eigenvalue weighted by Crippen LogP contribution is -2.08. The molecule has 0 bridgehead atoms. The second-order valence-electron chi connectivity index (χ2n) is 3.57. The Bertz CT molecular complexity index is 493. The van der Waals surface area contributed by atoms with Crippen molar-refractivity contribution in [3.05, 3.63) is 29.7 Å². The zero-order valence-corrected chi connectivity index (χ0v) is 8.25. The molecule has 1 unspecified atom stereocenters. The van der Waals surface area contributed by atoms with Gasteiger partial charge in [-0.3, -0.25) is 4.89 Å². The number of imidazole rings is 1. The molecule has 0 N–H and O–H groups in total. The molecule has 0 aromatic carbocycles. The fourth-order valence-corrected chi connectivity index (χ4v) is 1.63. The lowest BCUT2D eigenvalue weighted by atomic mass is 9.79. The highest BCUT2D eigenvalue weighted by atomic mass is 17.2. The van der Waals surface area contributed by atoms with E-state index in [9.17, 15) is 0 Å². The van der Waals surface area contributed by atoms with E-state index in [1.54, 1.807) is 12.0 Å². The number of fused-ring (bicyclic) bond motifs is 1. The molecular formula is C9H9BN3O2. The molecule has 1 aliphatic heterocycles. The maximum atomic E-state index is 4.81. The molecule has 1 aliphatic rings. The van der Waals surface area contributed by atoms with Crippen LogP contribution in [0.25, 0.3) is 5.65 Å². The SMILES string of the molecule is Cc1cn2nc(C3[B]OOC3)ccc2n1. The van der Waals surface area contributed by atoms with Gasteiger partial charge in [-0.1, -0.05) is 0 Å². The molecule has 1 atom stereocenters. The maximum Gasteiger partial charge on any atom is 0.356 e. The zero-order chi connectivity index (χ0) is 10.3. The van der Waals surface area contributed by atoms with Gasteiger partial charge >= 0.3 is 7.48 Å². The Morgan fingerprint density at radius 2 is 2.47 bits per heavy atom. The first-order valence-electron chi connectivity index (χ1n) is 4.77. The molecular weight excluding hydrogens is 193 g/mol. The molecule has 3 heterocycles. The number of rotatable bonds is 1. The molecule has 2 aromatic heterocycles. The number of aryl methyl sites for hydroxylation is 1. The standard InChI is InChI=1S/C9H9BN3O2/c1-6-4-13-9(11-6)3-2-8(12-13)7-5-14-15-10-7/h2-4,7H,5H2,1H3. The molecule has 1 fully saturated rings. The average molecular weight is 202 g/mol. The van der Waals surface area contributed by atoms with Crippen LogP contribution in [0.5, 0.6) is 0 Å². The van der Waals surface area contributed by atoms with Crippen LogP contribution >= 0.6 is 0 Å². The van der Waals surface area contributed by atoms with E-state index < -0.39 is 0 Å². The molecule has 1 radical (unpaired) electrons. The predicted molar refractivity (Wildman–Crippen MR) is 53.3 cm³/mol. The Hall–Kier alpha value is -1.40. The summed E-state index contributed by atoms with van der Waals surface area (Å²) in [6, 6.07) is 3.89. The van der Waals surface area contributed by atoms with Crippen LogP contribution in [0.15, 0.2) is 18.3 Å².